The van der Waals surface area contributed by atoms with Crippen LogP contribution in [0.2, 0.25) is 0 Å². The molecule has 1 N–H and O–H groups in total. The van der Waals surface area contributed by atoms with Gasteiger partial charge in [0.2, 0.25) is 0 Å². The van der Waals surface area contributed by atoms with Crippen molar-refractivity contribution in [2.45, 2.75) is 53.9 Å². The number of aliphatic imine (C=N–C) groups is 1. The number of thiazole rings is 1. The summed E-state index contributed by atoms with van der Waals surface area (Å²) in [6.07, 6.45) is 1.76. The van der Waals surface area contributed by atoms with Crippen LogP contribution in [0.5, 0.6) is 5.75 Å². The lowest BCUT2D eigenvalue weighted by Crippen LogP contribution is -2.11. The van der Waals surface area contributed by atoms with E-state index in [4.69, 9.17) is 9.98 Å². The Labute approximate surface area is 264 Å². The van der Waals surface area contributed by atoms with Crippen LogP contribution in [-0.2, 0) is 5.41 Å². The summed E-state index contributed by atoms with van der Waals surface area (Å²) < 4.78 is 1.16. The van der Waals surface area contributed by atoms with Crippen LogP contribution >= 0.6 is 11.3 Å². The average Bonchev–Trinajstić information content (AvgIpc) is 3.40. The van der Waals surface area contributed by atoms with Crippen LogP contribution in [0.3, 0.4) is 0 Å². The van der Waals surface area contributed by atoms with Gasteiger partial charge < -0.3 is 5.11 Å². The van der Waals surface area contributed by atoms with Crippen LogP contribution in [0, 0.1) is 27.7 Å². The standard InChI is InChI=1S/C40H38N2OS/c1-24-16-25(2)19-28(18-24)32-13-14-33(29-20-26(3)17-27(4)21-29)38-37(32)42-39(44-38)34-10-8-9-11-35(34)41-23-30-22-31(40(5,6)7)12-15-36(30)43/h8-23,43H,1-7H3. The fourth-order valence-electron chi connectivity index (χ4n) is 5.87. The highest BCUT2D eigenvalue weighted by Gasteiger charge is 2.19. The van der Waals surface area contributed by atoms with Crippen molar-refractivity contribution in [1.29, 1.82) is 0 Å². The van der Waals surface area contributed by atoms with Crippen molar-refractivity contribution in [3.63, 3.8) is 0 Å². The van der Waals surface area contributed by atoms with E-state index in [1.807, 2.05) is 30.3 Å². The molecule has 4 heteroatoms. The number of benzene rings is 5. The maximum absolute atomic E-state index is 10.6. The summed E-state index contributed by atoms with van der Waals surface area (Å²) in [7, 11) is 0. The summed E-state index contributed by atoms with van der Waals surface area (Å²) in [6.45, 7) is 15.1. The third-order valence-electron chi connectivity index (χ3n) is 7.98. The number of fused-ring (bicyclic) bond motifs is 1. The fourth-order valence-corrected chi connectivity index (χ4v) is 7.03. The van der Waals surface area contributed by atoms with Gasteiger partial charge in [-0.15, -0.1) is 11.3 Å². The first-order chi connectivity index (χ1) is 21.0. The molecule has 0 saturated heterocycles. The summed E-state index contributed by atoms with van der Waals surface area (Å²) in [5, 5.41) is 11.5. The Balaban J connectivity index is 1.53. The summed E-state index contributed by atoms with van der Waals surface area (Å²) in [5.41, 5.74) is 14.3. The van der Waals surface area contributed by atoms with Gasteiger partial charge in [0.05, 0.1) is 15.9 Å². The molecule has 5 aromatic carbocycles. The minimum Gasteiger partial charge on any atom is -0.507 e. The molecule has 0 aliphatic carbocycles. The Hall–Kier alpha value is -4.54. The first-order valence-electron chi connectivity index (χ1n) is 15.0. The van der Waals surface area contributed by atoms with E-state index < -0.39 is 0 Å². The number of aromatic hydroxyl groups is 1. The molecule has 0 radical (unpaired) electrons. The van der Waals surface area contributed by atoms with Crippen molar-refractivity contribution in [1.82, 2.24) is 4.98 Å². The van der Waals surface area contributed by atoms with E-state index in [0.29, 0.717) is 5.56 Å². The summed E-state index contributed by atoms with van der Waals surface area (Å²) in [4.78, 5) is 10.2. The van der Waals surface area contributed by atoms with Crippen LogP contribution < -0.4 is 0 Å². The number of hydrogen-bond acceptors (Lipinski definition) is 4. The maximum atomic E-state index is 10.6. The number of phenols is 1. The van der Waals surface area contributed by atoms with Crippen molar-refractivity contribution in [3.05, 3.63) is 124 Å². The molecule has 44 heavy (non-hydrogen) atoms. The topological polar surface area (TPSA) is 45.5 Å². The third-order valence-corrected chi connectivity index (χ3v) is 9.10. The monoisotopic (exact) mass is 594 g/mol. The second-order valence-corrected chi connectivity index (χ2v) is 13.9. The first kappa shape index (κ1) is 29.5. The van der Waals surface area contributed by atoms with Gasteiger partial charge >= 0.3 is 0 Å². The van der Waals surface area contributed by atoms with E-state index in [1.165, 1.54) is 38.9 Å². The van der Waals surface area contributed by atoms with Gasteiger partial charge in [-0.25, -0.2) is 4.98 Å². The van der Waals surface area contributed by atoms with E-state index in [0.717, 1.165) is 37.6 Å². The highest BCUT2D eigenvalue weighted by Crippen LogP contribution is 2.44. The Morgan fingerprint density at radius 3 is 1.91 bits per heavy atom. The van der Waals surface area contributed by atoms with E-state index in [-0.39, 0.29) is 11.2 Å². The quantitative estimate of drug-likeness (QED) is 0.202. The molecule has 0 spiro atoms. The normalized spacial score (nSPS) is 12.0. The molecule has 220 valence electrons. The minimum absolute atomic E-state index is 0.0315. The highest BCUT2D eigenvalue weighted by molar-refractivity contribution is 7.22. The van der Waals surface area contributed by atoms with Gasteiger partial charge in [0.15, 0.2) is 0 Å². The van der Waals surface area contributed by atoms with Crippen LogP contribution in [0.4, 0.5) is 5.69 Å². The molecule has 0 amide bonds. The molecule has 3 nitrogen and oxygen atoms in total. The van der Waals surface area contributed by atoms with Gasteiger partial charge in [-0.3, -0.25) is 4.99 Å². The highest BCUT2D eigenvalue weighted by atomic mass is 32.1. The van der Waals surface area contributed by atoms with Crippen molar-refractivity contribution in [2.24, 2.45) is 4.99 Å². The Morgan fingerprint density at radius 1 is 0.682 bits per heavy atom. The fraction of sp³-hybridized carbons (Fsp3) is 0.200. The number of para-hydroxylation sites is 1. The summed E-state index contributed by atoms with van der Waals surface area (Å²) in [5.74, 6) is 0.218. The predicted molar refractivity (Wildman–Crippen MR) is 189 cm³/mol. The summed E-state index contributed by atoms with van der Waals surface area (Å²) >= 11 is 1.71. The lowest BCUT2D eigenvalue weighted by atomic mass is 9.86. The van der Waals surface area contributed by atoms with Gasteiger partial charge in [-0.2, -0.15) is 0 Å². The molecular formula is C40H38N2OS. The van der Waals surface area contributed by atoms with E-state index in [1.54, 1.807) is 23.6 Å². The first-order valence-corrected chi connectivity index (χ1v) is 15.9. The molecule has 6 rings (SSSR count). The Bertz CT molecular complexity index is 1930. The molecule has 1 heterocycles. The molecular weight excluding hydrogens is 557 g/mol. The molecule has 0 saturated carbocycles. The second-order valence-electron chi connectivity index (χ2n) is 12.9. The number of phenolic OH excluding ortho intramolecular Hbond substituents is 1. The van der Waals surface area contributed by atoms with Crippen LogP contribution in [0.15, 0.2) is 96.0 Å². The number of aromatic nitrogens is 1. The van der Waals surface area contributed by atoms with Crippen molar-refractivity contribution >= 4 is 33.5 Å². The molecule has 0 bridgehead atoms. The van der Waals surface area contributed by atoms with E-state index >= 15 is 0 Å². The zero-order valence-electron chi connectivity index (χ0n) is 26.5. The number of aryl methyl sites for hydroxylation is 4. The van der Waals surface area contributed by atoms with Crippen LogP contribution in [0.25, 0.3) is 43.0 Å². The Kier molecular flexibility index (Phi) is 7.73. The van der Waals surface area contributed by atoms with Gasteiger partial charge in [-0.05, 0) is 74.1 Å². The molecule has 0 fully saturated rings. The smallest absolute Gasteiger partial charge is 0.126 e. The van der Waals surface area contributed by atoms with Gasteiger partial charge in [-0.1, -0.05) is 110 Å². The van der Waals surface area contributed by atoms with Crippen molar-refractivity contribution in [3.8, 4) is 38.6 Å². The second kappa shape index (κ2) is 11.5. The number of rotatable bonds is 5. The number of nitrogens with zero attached hydrogens (tertiary/aromatic N) is 2. The summed E-state index contributed by atoms with van der Waals surface area (Å²) in [6, 6.07) is 31.8. The van der Waals surface area contributed by atoms with Gasteiger partial charge in [0.1, 0.15) is 10.8 Å². The third kappa shape index (κ3) is 5.95. The number of hydrogen-bond donors (Lipinski definition) is 1. The molecule has 6 aromatic rings. The zero-order valence-corrected chi connectivity index (χ0v) is 27.3. The van der Waals surface area contributed by atoms with Crippen molar-refractivity contribution in [2.75, 3.05) is 0 Å². The molecule has 0 atom stereocenters. The lowest BCUT2D eigenvalue weighted by molar-refractivity contribution is 0.473. The molecule has 0 aliphatic rings. The van der Waals surface area contributed by atoms with E-state index in [9.17, 15) is 5.11 Å². The van der Waals surface area contributed by atoms with E-state index in [2.05, 4.69) is 103 Å². The van der Waals surface area contributed by atoms with Gasteiger partial charge in [0, 0.05) is 28.5 Å². The Morgan fingerprint density at radius 2 is 1.27 bits per heavy atom. The molecule has 0 aliphatic heterocycles. The van der Waals surface area contributed by atoms with Crippen LogP contribution in [0.1, 0.15) is 54.2 Å². The minimum atomic E-state index is -0.0315. The predicted octanol–water partition coefficient (Wildman–Crippen LogP) is 11.3. The zero-order chi connectivity index (χ0) is 31.2. The lowest BCUT2D eigenvalue weighted by Gasteiger charge is -2.19. The SMILES string of the molecule is Cc1cc(C)cc(-c2ccc(-c3cc(C)cc(C)c3)c3sc(-c4ccccc4N=Cc4cc(C(C)(C)C)ccc4O)nc23)c1. The molecule has 1 aromatic heterocycles. The van der Waals surface area contributed by atoms with Gasteiger partial charge in [0.25, 0.3) is 0 Å². The maximum Gasteiger partial charge on any atom is 0.126 e. The van der Waals surface area contributed by atoms with Crippen molar-refractivity contribution < 1.29 is 5.11 Å². The average molecular weight is 595 g/mol. The molecule has 0 unspecified atom stereocenters. The largest absolute Gasteiger partial charge is 0.507 e. The van der Waals surface area contributed by atoms with Crippen LogP contribution in [-0.4, -0.2) is 16.3 Å².